The zero-order chi connectivity index (χ0) is 21.6. The second-order valence-electron chi connectivity index (χ2n) is 7.09. The van der Waals surface area contributed by atoms with Crippen LogP contribution in [0.1, 0.15) is 85.0 Å². The predicted molar refractivity (Wildman–Crippen MR) is 116 cm³/mol. The van der Waals surface area contributed by atoms with Crippen molar-refractivity contribution in [3.63, 3.8) is 0 Å². The normalized spacial score (nSPS) is 11.3. The molecule has 0 aliphatic rings. The Morgan fingerprint density at radius 1 is 0.897 bits per heavy atom. The van der Waals surface area contributed by atoms with Crippen molar-refractivity contribution in [2.75, 3.05) is 26.4 Å². The van der Waals surface area contributed by atoms with E-state index in [0.717, 1.165) is 38.5 Å². The maximum atomic E-state index is 11.9. The van der Waals surface area contributed by atoms with E-state index in [1.54, 1.807) is 0 Å². The van der Waals surface area contributed by atoms with Crippen molar-refractivity contribution in [3.8, 4) is 23.7 Å². The average Bonchev–Trinajstić information content (AvgIpc) is 2.73. The molecule has 0 radical (unpaired) electrons. The first-order valence-electron chi connectivity index (χ1n) is 11.0. The van der Waals surface area contributed by atoms with Crippen LogP contribution in [0, 0.1) is 29.6 Å². The highest BCUT2D eigenvalue weighted by atomic mass is 16.7. The number of unbranched alkanes of at least 4 members (excludes halogenated alkanes) is 4. The van der Waals surface area contributed by atoms with Crippen LogP contribution in [-0.4, -0.2) is 43.8 Å². The van der Waals surface area contributed by atoms with E-state index in [1.807, 2.05) is 6.92 Å². The van der Waals surface area contributed by atoms with Gasteiger partial charge in [0.25, 0.3) is 0 Å². The summed E-state index contributed by atoms with van der Waals surface area (Å²) in [4.78, 5) is 11.9. The first-order valence-corrected chi connectivity index (χ1v) is 11.0. The fourth-order valence-corrected chi connectivity index (χ4v) is 2.18. The van der Waals surface area contributed by atoms with Gasteiger partial charge in [0.1, 0.15) is 0 Å². The number of ether oxygens (including phenoxy) is 3. The molecule has 0 bridgehead atoms. The molecule has 1 atom stereocenters. The van der Waals surface area contributed by atoms with Crippen LogP contribution in [0.3, 0.4) is 0 Å². The maximum Gasteiger partial charge on any atom is 0.305 e. The van der Waals surface area contributed by atoms with E-state index in [4.69, 9.17) is 19.3 Å². The number of aliphatic hydroxyl groups is 1. The lowest BCUT2D eigenvalue weighted by atomic mass is 10.2. The van der Waals surface area contributed by atoms with Crippen molar-refractivity contribution in [1.82, 2.24) is 0 Å². The number of aliphatic hydroxyl groups excluding tert-OH is 1. The zero-order valence-electron chi connectivity index (χ0n) is 18.6. The summed E-state index contributed by atoms with van der Waals surface area (Å²) >= 11 is 0. The lowest BCUT2D eigenvalue weighted by Crippen LogP contribution is -2.21. The predicted octanol–water partition coefficient (Wildman–Crippen LogP) is 4.46. The van der Waals surface area contributed by atoms with Crippen LogP contribution in [0.5, 0.6) is 0 Å². The molecule has 0 fully saturated rings. The van der Waals surface area contributed by atoms with Crippen molar-refractivity contribution in [2.45, 2.75) is 91.3 Å². The summed E-state index contributed by atoms with van der Waals surface area (Å²) in [7, 11) is 0. The van der Waals surface area contributed by atoms with Gasteiger partial charge in [0, 0.05) is 44.6 Å². The van der Waals surface area contributed by atoms with E-state index in [-0.39, 0.29) is 31.5 Å². The summed E-state index contributed by atoms with van der Waals surface area (Å²) < 4.78 is 16.7. The number of rotatable bonds is 16. The lowest BCUT2D eigenvalue weighted by molar-refractivity contribution is -0.158. The molecule has 0 aromatic heterocycles. The quantitative estimate of drug-likeness (QED) is 0.177. The molecule has 166 valence electrons. The molecule has 0 aliphatic carbocycles. The molecule has 0 aromatic rings. The van der Waals surface area contributed by atoms with Crippen LogP contribution >= 0.6 is 0 Å². The van der Waals surface area contributed by atoms with Gasteiger partial charge in [-0.25, -0.2) is 0 Å². The van der Waals surface area contributed by atoms with Crippen molar-refractivity contribution in [2.24, 2.45) is 5.92 Å². The van der Waals surface area contributed by atoms with E-state index < -0.39 is 6.29 Å². The Morgan fingerprint density at radius 3 is 1.90 bits per heavy atom. The van der Waals surface area contributed by atoms with E-state index in [1.165, 1.54) is 0 Å². The van der Waals surface area contributed by atoms with Gasteiger partial charge >= 0.3 is 5.97 Å². The number of hydrogen-bond donors (Lipinski definition) is 1. The molecule has 0 spiro atoms. The molecule has 0 aromatic carbocycles. The van der Waals surface area contributed by atoms with Crippen LogP contribution in [0.4, 0.5) is 0 Å². The molecule has 5 nitrogen and oxygen atoms in total. The summed E-state index contributed by atoms with van der Waals surface area (Å²) in [6.45, 7) is 7.30. The van der Waals surface area contributed by atoms with E-state index in [0.29, 0.717) is 32.5 Å². The van der Waals surface area contributed by atoms with Crippen LogP contribution in [0.15, 0.2) is 0 Å². The van der Waals surface area contributed by atoms with Crippen molar-refractivity contribution in [1.29, 1.82) is 0 Å². The summed E-state index contributed by atoms with van der Waals surface area (Å²) in [6.07, 6.45) is 7.87. The van der Waals surface area contributed by atoms with Crippen LogP contribution in [0.2, 0.25) is 0 Å². The third-order valence-electron chi connectivity index (χ3n) is 4.05. The highest BCUT2D eigenvalue weighted by Gasteiger charge is 2.14. The Morgan fingerprint density at radius 2 is 1.41 bits per heavy atom. The van der Waals surface area contributed by atoms with Gasteiger partial charge in [0.15, 0.2) is 6.29 Å². The smallest absolute Gasteiger partial charge is 0.305 e. The molecule has 29 heavy (non-hydrogen) atoms. The number of esters is 1. The number of hydrogen-bond acceptors (Lipinski definition) is 5. The van der Waals surface area contributed by atoms with E-state index >= 15 is 0 Å². The molecule has 0 amide bonds. The van der Waals surface area contributed by atoms with Gasteiger partial charge in [-0.05, 0) is 12.8 Å². The monoisotopic (exact) mass is 408 g/mol. The van der Waals surface area contributed by atoms with E-state index in [9.17, 15) is 4.79 Å². The summed E-state index contributed by atoms with van der Waals surface area (Å²) in [5.41, 5.74) is 0. The Hall–Kier alpha value is -1.53. The highest BCUT2D eigenvalue weighted by Crippen LogP contribution is 2.08. The van der Waals surface area contributed by atoms with Gasteiger partial charge in [-0.3, -0.25) is 4.79 Å². The van der Waals surface area contributed by atoms with Crippen molar-refractivity contribution >= 4 is 5.97 Å². The largest absolute Gasteiger partial charge is 0.465 e. The first-order chi connectivity index (χ1) is 14.1. The topological polar surface area (TPSA) is 65.0 Å². The molecule has 0 saturated heterocycles. The molecule has 0 heterocycles. The molecular formula is C24H40O5. The van der Waals surface area contributed by atoms with Gasteiger partial charge in [-0.15, -0.1) is 23.7 Å². The fraction of sp³-hybridized carbons (Fsp3) is 0.792. The molecule has 1 N–H and O–H groups in total. The first kappa shape index (κ1) is 27.5. The molecule has 5 heteroatoms. The van der Waals surface area contributed by atoms with Crippen LogP contribution in [0.25, 0.3) is 0 Å². The third-order valence-corrected chi connectivity index (χ3v) is 4.05. The summed E-state index contributed by atoms with van der Waals surface area (Å²) in [5.74, 6) is 12.1. The second-order valence-corrected chi connectivity index (χ2v) is 7.09. The van der Waals surface area contributed by atoms with Gasteiger partial charge in [-0.1, -0.05) is 33.6 Å². The Bertz CT molecular complexity index is 477. The Balaban J connectivity index is 4.25. The number of carbonyl (C=O) groups is 1. The molecule has 0 saturated carbocycles. The minimum absolute atomic E-state index is 0.000705. The summed E-state index contributed by atoms with van der Waals surface area (Å²) in [5, 5.41) is 8.99. The van der Waals surface area contributed by atoms with E-state index in [2.05, 4.69) is 37.5 Å². The SMILES string of the molecule is CCCCC#CCCOC(CCC(=O)OCC(C)CO)OCCC#CCCCC. The van der Waals surface area contributed by atoms with Gasteiger partial charge in [0.2, 0.25) is 0 Å². The van der Waals surface area contributed by atoms with Crippen LogP contribution in [-0.2, 0) is 19.0 Å². The molecule has 0 rings (SSSR count). The standard InChI is InChI=1S/C24H40O5/c1-4-6-8-10-12-14-18-27-24(28-19-15-13-11-9-7-5-2)17-16-23(26)29-21-22(3)20-25/h22,24-25H,4-9,14-21H2,1-3H3. The average molecular weight is 409 g/mol. The minimum Gasteiger partial charge on any atom is -0.465 e. The lowest BCUT2D eigenvalue weighted by Gasteiger charge is -2.17. The zero-order valence-corrected chi connectivity index (χ0v) is 18.6. The van der Waals surface area contributed by atoms with Crippen molar-refractivity contribution in [3.05, 3.63) is 0 Å². The Kier molecular flexibility index (Phi) is 20.1. The van der Waals surface area contributed by atoms with Gasteiger partial charge in [0.05, 0.1) is 26.2 Å². The minimum atomic E-state index is -0.465. The summed E-state index contributed by atoms with van der Waals surface area (Å²) in [6, 6.07) is 0. The maximum absolute atomic E-state index is 11.9. The molecular weight excluding hydrogens is 368 g/mol. The van der Waals surface area contributed by atoms with Crippen molar-refractivity contribution < 1.29 is 24.1 Å². The van der Waals surface area contributed by atoms with Crippen LogP contribution < -0.4 is 0 Å². The fourth-order valence-electron chi connectivity index (χ4n) is 2.18. The van der Waals surface area contributed by atoms with Gasteiger partial charge in [-0.2, -0.15) is 0 Å². The third kappa shape index (κ3) is 19.6. The second kappa shape index (κ2) is 21.2. The highest BCUT2D eigenvalue weighted by molar-refractivity contribution is 5.69. The molecule has 0 aliphatic heterocycles. The van der Waals surface area contributed by atoms with Gasteiger partial charge < -0.3 is 19.3 Å². The molecule has 1 unspecified atom stereocenters. The Labute approximate surface area is 177 Å². The number of carbonyl (C=O) groups excluding carboxylic acids is 1.